The summed E-state index contributed by atoms with van der Waals surface area (Å²) in [6, 6.07) is 8.21. The lowest BCUT2D eigenvalue weighted by Crippen LogP contribution is -2.06. The van der Waals surface area contributed by atoms with Gasteiger partial charge in [-0.15, -0.1) is 11.3 Å². The highest BCUT2D eigenvalue weighted by Crippen LogP contribution is 2.26. The molecule has 0 fully saturated rings. The Morgan fingerprint density at radius 3 is 2.80 bits per heavy atom. The maximum Gasteiger partial charge on any atom is 0.166 e. The zero-order valence-electron chi connectivity index (χ0n) is 8.81. The minimum Gasteiger partial charge on any atom is -0.337 e. The van der Waals surface area contributed by atoms with Gasteiger partial charge in [-0.1, -0.05) is 0 Å². The highest BCUT2D eigenvalue weighted by molar-refractivity contribution is 7.12. The normalized spacial score (nSPS) is 12.7. The first-order valence-corrected chi connectivity index (χ1v) is 5.72. The molecule has 2 nitrogen and oxygen atoms in total. The Bertz CT molecular complexity index is 469. The molecule has 15 heavy (non-hydrogen) atoms. The van der Waals surface area contributed by atoms with Gasteiger partial charge in [0.05, 0.1) is 11.7 Å². The van der Waals surface area contributed by atoms with Crippen LogP contribution in [0, 0.1) is 6.92 Å². The number of hydrogen-bond acceptors (Lipinski definition) is 2. The molecule has 0 amide bonds. The van der Waals surface area contributed by atoms with Gasteiger partial charge in [0, 0.05) is 16.0 Å². The predicted octanol–water partition coefficient (Wildman–Crippen LogP) is 3.28. The van der Waals surface area contributed by atoms with E-state index in [1.54, 1.807) is 11.3 Å². The molecule has 0 aliphatic rings. The molecular weight excluding hydrogens is 206 g/mol. The first-order chi connectivity index (χ1) is 7.22. The summed E-state index contributed by atoms with van der Waals surface area (Å²) in [7, 11) is 0. The van der Waals surface area contributed by atoms with Crippen molar-refractivity contribution in [2.24, 2.45) is 0 Å². The zero-order valence-corrected chi connectivity index (χ0v) is 9.62. The maximum atomic E-state index is 10.8. The quantitative estimate of drug-likeness (QED) is 0.726. The Kier molecular flexibility index (Phi) is 2.73. The van der Waals surface area contributed by atoms with Crippen LogP contribution in [0.4, 0.5) is 0 Å². The van der Waals surface area contributed by atoms with Crippen LogP contribution in [0.15, 0.2) is 30.5 Å². The highest BCUT2D eigenvalue weighted by Gasteiger charge is 2.11. The Balaban J connectivity index is 2.35. The summed E-state index contributed by atoms with van der Waals surface area (Å²) in [5, 5.41) is 0. The van der Waals surface area contributed by atoms with Crippen molar-refractivity contribution < 1.29 is 4.79 Å². The predicted molar refractivity (Wildman–Crippen MR) is 62.7 cm³/mol. The van der Waals surface area contributed by atoms with Gasteiger partial charge in [0.2, 0.25) is 0 Å². The monoisotopic (exact) mass is 219 g/mol. The van der Waals surface area contributed by atoms with E-state index in [4.69, 9.17) is 0 Å². The van der Waals surface area contributed by atoms with Crippen LogP contribution < -0.4 is 0 Å². The van der Waals surface area contributed by atoms with E-state index in [1.165, 1.54) is 9.75 Å². The minimum absolute atomic E-state index is 0.235. The average Bonchev–Trinajstić information content (AvgIpc) is 2.84. The van der Waals surface area contributed by atoms with Crippen molar-refractivity contribution in [1.82, 2.24) is 4.57 Å². The number of hydrogen-bond donors (Lipinski definition) is 0. The van der Waals surface area contributed by atoms with E-state index in [0.717, 1.165) is 12.0 Å². The van der Waals surface area contributed by atoms with Crippen molar-refractivity contribution in [3.05, 3.63) is 45.9 Å². The molecule has 0 N–H and O–H groups in total. The van der Waals surface area contributed by atoms with Gasteiger partial charge in [-0.25, -0.2) is 0 Å². The summed E-state index contributed by atoms with van der Waals surface area (Å²) < 4.78 is 2.00. The molecule has 0 bridgehead atoms. The Labute approximate surface area is 93.2 Å². The molecule has 78 valence electrons. The van der Waals surface area contributed by atoms with Crippen molar-refractivity contribution in [1.29, 1.82) is 0 Å². The first-order valence-electron chi connectivity index (χ1n) is 4.90. The van der Waals surface area contributed by atoms with Crippen molar-refractivity contribution in [3.8, 4) is 0 Å². The van der Waals surface area contributed by atoms with E-state index in [9.17, 15) is 4.79 Å². The van der Waals surface area contributed by atoms with Crippen LogP contribution in [0.25, 0.3) is 0 Å². The topological polar surface area (TPSA) is 22.0 Å². The molecule has 0 radical (unpaired) electrons. The molecule has 2 aromatic heterocycles. The minimum atomic E-state index is 0.235. The molecule has 0 aliphatic heterocycles. The van der Waals surface area contributed by atoms with Crippen LogP contribution in [0.1, 0.15) is 33.2 Å². The molecule has 0 aliphatic carbocycles. The lowest BCUT2D eigenvalue weighted by Gasteiger charge is -2.13. The van der Waals surface area contributed by atoms with E-state index < -0.39 is 0 Å². The van der Waals surface area contributed by atoms with Crippen molar-refractivity contribution >= 4 is 17.6 Å². The fraction of sp³-hybridized carbons (Fsp3) is 0.250. The highest BCUT2D eigenvalue weighted by atomic mass is 32.1. The maximum absolute atomic E-state index is 10.8. The molecule has 0 saturated heterocycles. The van der Waals surface area contributed by atoms with Gasteiger partial charge in [0.15, 0.2) is 6.29 Å². The molecular formula is C12H13NOS. The smallest absolute Gasteiger partial charge is 0.166 e. The van der Waals surface area contributed by atoms with Gasteiger partial charge in [-0.3, -0.25) is 4.79 Å². The van der Waals surface area contributed by atoms with Gasteiger partial charge in [-0.05, 0) is 38.1 Å². The van der Waals surface area contributed by atoms with Crippen molar-refractivity contribution in [2.75, 3.05) is 0 Å². The number of nitrogens with zero attached hydrogens (tertiary/aromatic N) is 1. The Morgan fingerprint density at radius 1 is 1.40 bits per heavy atom. The third-order valence-corrected chi connectivity index (χ3v) is 3.69. The summed E-state index contributed by atoms with van der Waals surface area (Å²) in [5.74, 6) is 0. The summed E-state index contributed by atoms with van der Waals surface area (Å²) >= 11 is 1.78. The van der Waals surface area contributed by atoms with Gasteiger partial charge in [0.1, 0.15) is 0 Å². The summed E-state index contributed by atoms with van der Waals surface area (Å²) in [6.07, 6.45) is 2.85. The van der Waals surface area contributed by atoms with Crippen LogP contribution in [0.5, 0.6) is 0 Å². The largest absolute Gasteiger partial charge is 0.337 e. The van der Waals surface area contributed by atoms with Gasteiger partial charge >= 0.3 is 0 Å². The number of aryl methyl sites for hydroxylation is 1. The average molecular weight is 219 g/mol. The van der Waals surface area contributed by atoms with Crippen LogP contribution >= 0.6 is 11.3 Å². The standard InChI is InChI=1S/C12H13NOS/c1-9-5-6-12(15-9)10(2)13-7-3-4-11(13)8-14/h3-8,10H,1-2H3. The van der Waals surface area contributed by atoms with Crippen molar-refractivity contribution in [3.63, 3.8) is 0 Å². The molecule has 2 heterocycles. The van der Waals surface area contributed by atoms with E-state index in [-0.39, 0.29) is 6.04 Å². The second-order valence-electron chi connectivity index (χ2n) is 3.58. The molecule has 3 heteroatoms. The third kappa shape index (κ3) is 1.88. The molecule has 0 spiro atoms. The SMILES string of the molecule is Cc1ccc(C(C)n2cccc2C=O)s1. The van der Waals surface area contributed by atoms with Crippen LogP contribution in [-0.4, -0.2) is 10.9 Å². The van der Waals surface area contributed by atoms with E-state index in [1.807, 2.05) is 22.9 Å². The summed E-state index contributed by atoms with van der Waals surface area (Å²) in [6.45, 7) is 4.20. The van der Waals surface area contributed by atoms with Gasteiger partial charge < -0.3 is 4.57 Å². The van der Waals surface area contributed by atoms with E-state index in [0.29, 0.717) is 0 Å². The lowest BCUT2D eigenvalue weighted by molar-refractivity contribution is 0.111. The van der Waals surface area contributed by atoms with Crippen LogP contribution in [-0.2, 0) is 0 Å². The molecule has 2 aromatic rings. The Morgan fingerprint density at radius 2 is 2.20 bits per heavy atom. The number of aromatic nitrogens is 1. The summed E-state index contributed by atoms with van der Waals surface area (Å²) in [5.41, 5.74) is 0.730. The first kappa shape index (κ1) is 10.2. The number of aldehydes is 1. The number of carbonyl (C=O) groups excluding carboxylic acids is 1. The second kappa shape index (κ2) is 4.03. The van der Waals surface area contributed by atoms with Gasteiger partial charge in [0.25, 0.3) is 0 Å². The molecule has 2 rings (SSSR count). The van der Waals surface area contributed by atoms with Crippen molar-refractivity contribution in [2.45, 2.75) is 19.9 Å². The molecule has 1 atom stereocenters. The van der Waals surface area contributed by atoms with E-state index >= 15 is 0 Å². The zero-order chi connectivity index (χ0) is 10.8. The molecule has 0 saturated carbocycles. The molecule has 0 aromatic carbocycles. The van der Waals surface area contributed by atoms with Crippen LogP contribution in [0.3, 0.4) is 0 Å². The van der Waals surface area contributed by atoms with E-state index in [2.05, 4.69) is 26.0 Å². The second-order valence-corrected chi connectivity index (χ2v) is 4.90. The number of rotatable bonds is 3. The fourth-order valence-electron chi connectivity index (χ4n) is 1.67. The van der Waals surface area contributed by atoms with Gasteiger partial charge in [-0.2, -0.15) is 0 Å². The fourth-order valence-corrected chi connectivity index (χ4v) is 2.60. The lowest BCUT2D eigenvalue weighted by atomic mass is 10.2. The third-order valence-electron chi connectivity index (χ3n) is 2.52. The number of thiophene rings is 1. The molecule has 1 unspecified atom stereocenters. The number of carbonyl (C=O) groups is 1. The van der Waals surface area contributed by atoms with Crippen LogP contribution in [0.2, 0.25) is 0 Å². The Hall–Kier alpha value is -1.35. The summed E-state index contributed by atoms with van der Waals surface area (Å²) in [4.78, 5) is 13.4.